The molecule has 0 spiro atoms. The zero-order valence-corrected chi connectivity index (χ0v) is 34.7. The molecular weight excluding hydrogens is 747 g/mol. The highest BCUT2D eigenvalue weighted by molar-refractivity contribution is 7.20. The van der Waals surface area contributed by atoms with Gasteiger partial charge < -0.3 is 0 Å². The van der Waals surface area contributed by atoms with Crippen molar-refractivity contribution in [2.75, 3.05) is 0 Å². The fourth-order valence-corrected chi connectivity index (χ4v) is 14.4. The number of para-hydroxylation sites is 3. The standard InChI is InChI=1S/C54H41N5Si/c1-36-37(2)55-38(3)56-54(36)39-33-52(58-48-28-16-13-25-44(48)45-26-14-17-29-49(45)58)57-53(34-39)59-50-30-18-15-27-46(50)47-35-43(31-32-51(47)59)60(40-19-7-4-8-20-40,41-21-9-5-10-22-41)42-23-11-6-12-24-42/h4-35H,1-3H3. The Balaban J connectivity index is 1.23. The van der Waals surface area contributed by atoms with E-state index in [9.17, 15) is 0 Å². The van der Waals surface area contributed by atoms with Crippen molar-refractivity contribution in [3.05, 3.63) is 211 Å². The summed E-state index contributed by atoms with van der Waals surface area (Å²) in [5, 5.41) is 10.1. The molecule has 0 atom stereocenters. The number of nitrogens with zero attached hydrogens (tertiary/aromatic N) is 5. The third-order valence-corrected chi connectivity index (χ3v) is 17.1. The molecule has 7 aromatic carbocycles. The molecule has 0 aliphatic rings. The molecule has 0 aliphatic carbocycles. The Hall–Kier alpha value is -7.41. The van der Waals surface area contributed by atoms with Gasteiger partial charge in [-0.1, -0.05) is 158 Å². The van der Waals surface area contributed by atoms with Gasteiger partial charge in [0.15, 0.2) is 8.07 Å². The molecule has 0 N–H and O–H groups in total. The Morgan fingerprint density at radius 2 is 0.783 bits per heavy atom. The fourth-order valence-electron chi connectivity index (χ4n) is 9.60. The summed E-state index contributed by atoms with van der Waals surface area (Å²) < 4.78 is 4.65. The van der Waals surface area contributed by atoms with Gasteiger partial charge >= 0.3 is 0 Å². The molecule has 11 aromatic rings. The molecule has 0 bridgehead atoms. The van der Waals surface area contributed by atoms with Crippen LogP contribution in [-0.4, -0.2) is 32.2 Å². The number of aryl methyl sites for hydroxylation is 2. The molecule has 0 saturated carbocycles. The molecule has 0 saturated heterocycles. The van der Waals surface area contributed by atoms with Crippen LogP contribution in [0.4, 0.5) is 0 Å². The molecule has 4 heterocycles. The number of aromatic nitrogens is 5. The van der Waals surface area contributed by atoms with Crippen molar-refractivity contribution in [3.63, 3.8) is 0 Å². The van der Waals surface area contributed by atoms with Crippen LogP contribution in [0.25, 0.3) is 66.5 Å². The second kappa shape index (κ2) is 14.2. The first-order valence-corrected chi connectivity index (χ1v) is 22.5. The summed E-state index contributed by atoms with van der Waals surface area (Å²) in [5.74, 6) is 2.41. The molecule has 0 amide bonds. The number of benzene rings is 7. The minimum absolute atomic E-state index is 0.747. The van der Waals surface area contributed by atoms with Gasteiger partial charge in [0, 0.05) is 32.8 Å². The number of hydrogen-bond acceptors (Lipinski definition) is 3. The van der Waals surface area contributed by atoms with E-state index in [1.54, 1.807) is 0 Å². The predicted octanol–water partition coefficient (Wildman–Crippen LogP) is 10.0. The van der Waals surface area contributed by atoms with Crippen molar-refractivity contribution in [2.45, 2.75) is 20.8 Å². The summed E-state index contributed by atoms with van der Waals surface area (Å²) >= 11 is 0. The first-order valence-electron chi connectivity index (χ1n) is 20.5. The molecule has 0 fully saturated rings. The minimum atomic E-state index is -2.78. The Labute approximate surface area is 349 Å². The third-order valence-electron chi connectivity index (χ3n) is 12.3. The quantitative estimate of drug-likeness (QED) is 0.119. The van der Waals surface area contributed by atoms with Crippen molar-refractivity contribution >= 4 is 72.4 Å². The largest absolute Gasteiger partial charge is 0.294 e. The second-order valence-electron chi connectivity index (χ2n) is 15.7. The van der Waals surface area contributed by atoms with E-state index in [-0.39, 0.29) is 0 Å². The van der Waals surface area contributed by atoms with Crippen LogP contribution in [0.2, 0.25) is 0 Å². The van der Waals surface area contributed by atoms with Gasteiger partial charge in [0.2, 0.25) is 0 Å². The highest BCUT2D eigenvalue weighted by atomic mass is 28.3. The maximum Gasteiger partial charge on any atom is 0.179 e. The Morgan fingerprint density at radius 1 is 0.367 bits per heavy atom. The van der Waals surface area contributed by atoms with E-state index in [1.807, 2.05) is 6.92 Å². The van der Waals surface area contributed by atoms with Crippen LogP contribution in [0.15, 0.2) is 194 Å². The number of fused-ring (bicyclic) bond motifs is 6. The molecule has 0 radical (unpaired) electrons. The molecule has 4 aromatic heterocycles. The maximum absolute atomic E-state index is 5.62. The fraction of sp³-hybridized carbons (Fsp3) is 0.0556. The van der Waals surface area contributed by atoms with Gasteiger partial charge in [-0.15, -0.1) is 0 Å². The molecule has 60 heavy (non-hydrogen) atoms. The predicted molar refractivity (Wildman–Crippen MR) is 252 cm³/mol. The minimum Gasteiger partial charge on any atom is -0.294 e. The summed E-state index contributed by atoms with van der Waals surface area (Å²) in [5.41, 5.74) is 8.35. The van der Waals surface area contributed by atoms with E-state index in [1.165, 1.54) is 42.3 Å². The molecule has 6 heteroatoms. The van der Waals surface area contributed by atoms with Crippen molar-refractivity contribution in [2.24, 2.45) is 0 Å². The van der Waals surface area contributed by atoms with Crippen LogP contribution in [0, 0.1) is 20.8 Å². The topological polar surface area (TPSA) is 48.5 Å². The highest BCUT2D eigenvalue weighted by Gasteiger charge is 2.41. The van der Waals surface area contributed by atoms with Crippen LogP contribution >= 0.6 is 0 Å². The van der Waals surface area contributed by atoms with Gasteiger partial charge in [0.05, 0.1) is 27.8 Å². The first kappa shape index (κ1) is 35.7. The summed E-state index contributed by atoms with van der Waals surface area (Å²) in [6.45, 7) is 6.16. The van der Waals surface area contributed by atoms with Crippen LogP contribution in [0.5, 0.6) is 0 Å². The third kappa shape index (κ3) is 5.49. The van der Waals surface area contributed by atoms with E-state index < -0.39 is 8.07 Å². The van der Waals surface area contributed by atoms with Crippen molar-refractivity contribution < 1.29 is 0 Å². The SMILES string of the molecule is Cc1nc(C)c(C)c(-c2cc(-n3c4ccccc4c4ccccc43)nc(-n3c4ccccc4c4cc([Si](c5ccccc5)(c5ccccc5)c5ccccc5)ccc43)c2)n1. The Morgan fingerprint density at radius 3 is 1.27 bits per heavy atom. The van der Waals surface area contributed by atoms with E-state index in [4.69, 9.17) is 15.0 Å². The summed E-state index contributed by atoms with van der Waals surface area (Å²) in [7, 11) is -2.78. The monoisotopic (exact) mass is 787 g/mol. The number of hydrogen-bond donors (Lipinski definition) is 0. The van der Waals surface area contributed by atoms with Crippen LogP contribution in [0.3, 0.4) is 0 Å². The van der Waals surface area contributed by atoms with E-state index >= 15 is 0 Å². The van der Waals surface area contributed by atoms with Crippen molar-refractivity contribution in [1.82, 2.24) is 24.1 Å². The maximum atomic E-state index is 5.62. The van der Waals surface area contributed by atoms with Gasteiger partial charge in [-0.3, -0.25) is 9.13 Å². The zero-order chi connectivity index (χ0) is 40.4. The number of rotatable bonds is 7. The normalized spacial score (nSPS) is 11.9. The molecular formula is C54H41N5Si. The summed E-state index contributed by atoms with van der Waals surface area (Å²) in [6, 6.07) is 71.0. The van der Waals surface area contributed by atoms with Gasteiger partial charge in [-0.25, -0.2) is 15.0 Å². The molecule has 11 rings (SSSR count). The van der Waals surface area contributed by atoms with Crippen molar-refractivity contribution in [3.8, 4) is 22.9 Å². The van der Waals surface area contributed by atoms with Crippen LogP contribution in [-0.2, 0) is 0 Å². The van der Waals surface area contributed by atoms with E-state index in [0.717, 1.165) is 62.0 Å². The number of pyridine rings is 1. The molecule has 286 valence electrons. The summed E-state index contributed by atoms with van der Waals surface area (Å²) in [6.07, 6.45) is 0. The highest BCUT2D eigenvalue weighted by Crippen LogP contribution is 2.37. The van der Waals surface area contributed by atoms with Gasteiger partial charge in [-0.2, -0.15) is 0 Å². The van der Waals surface area contributed by atoms with Gasteiger partial charge in [0.1, 0.15) is 17.5 Å². The van der Waals surface area contributed by atoms with Crippen molar-refractivity contribution in [1.29, 1.82) is 0 Å². The first-order chi connectivity index (χ1) is 29.5. The molecule has 0 aliphatic heterocycles. The van der Waals surface area contributed by atoms with E-state index in [0.29, 0.717) is 0 Å². The average molecular weight is 788 g/mol. The van der Waals surface area contributed by atoms with Gasteiger partial charge in [-0.05, 0) is 83.5 Å². The molecule has 0 unspecified atom stereocenters. The smallest absolute Gasteiger partial charge is 0.179 e. The van der Waals surface area contributed by atoms with Crippen LogP contribution in [0.1, 0.15) is 17.1 Å². The lowest BCUT2D eigenvalue weighted by Gasteiger charge is -2.34. The second-order valence-corrected chi connectivity index (χ2v) is 19.5. The van der Waals surface area contributed by atoms with Crippen LogP contribution < -0.4 is 20.7 Å². The Kier molecular flexibility index (Phi) is 8.43. The summed E-state index contributed by atoms with van der Waals surface area (Å²) in [4.78, 5) is 15.4. The Bertz CT molecular complexity index is 3260. The zero-order valence-electron chi connectivity index (χ0n) is 33.7. The lowest BCUT2D eigenvalue weighted by Crippen LogP contribution is -2.74. The van der Waals surface area contributed by atoms with Gasteiger partial charge in [0.25, 0.3) is 0 Å². The molecule has 5 nitrogen and oxygen atoms in total. The lowest BCUT2D eigenvalue weighted by molar-refractivity contribution is 0.983. The lowest BCUT2D eigenvalue weighted by atomic mass is 10.1. The van der Waals surface area contributed by atoms with E-state index in [2.05, 4.69) is 217 Å². The average Bonchev–Trinajstić information content (AvgIpc) is 3.82.